The summed E-state index contributed by atoms with van der Waals surface area (Å²) in [4.78, 5) is 0. The fourth-order valence-corrected chi connectivity index (χ4v) is 0.447. The van der Waals surface area contributed by atoms with Gasteiger partial charge in [0.15, 0.2) is 0 Å². The van der Waals surface area contributed by atoms with Gasteiger partial charge in [0, 0.05) is 27.7 Å². The van der Waals surface area contributed by atoms with Crippen LogP contribution >= 0.6 is 0 Å². The van der Waals surface area contributed by atoms with Gasteiger partial charge in [-0.15, -0.1) is 0 Å². The summed E-state index contributed by atoms with van der Waals surface area (Å²) in [5, 5.41) is 0. The third-order valence-electron chi connectivity index (χ3n) is 0.894. The maximum atomic E-state index is 9.88. The van der Waals surface area contributed by atoms with E-state index in [-0.39, 0.29) is 0 Å². The van der Waals surface area contributed by atoms with Crippen molar-refractivity contribution >= 4 is 15.1 Å². The second kappa shape index (κ2) is 16.6. The van der Waals surface area contributed by atoms with Crippen LogP contribution in [0.2, 0.25) is 0 Å². The van der Waals surface area contributed by atoms with Crippen molar-refractivity contribution in [2.45, 2.75) is 27.7 Å². The van der Waals surface area contributed by atoms with Crippen molar-refractivity contribution in [1.82, 2.24) is 0 Å². The van der Waals surface area contributed by atoms with Crippen molar-refractivity contribution in [2.75, 3.05) is 26.4 Å². The monoisotopic (exact) mass is 300 g/mol. The van der Waals surface area contributed by atoms with Crippen LogP contribution in [0.15, 0.2) is 0 Å². The molecular formula is C8H22F4GeO2+2. The first-order valence-corrected chi connectivity index (χ1v) is 8.02. The van der Waals surface area contributed by atoms with Gasteiger partial charge in [0.1, 0.15) is 26.4 Å². The molecule has 0 fully saturated rings. The molecule has 0 aromatic rings. The summed E-state index contributed by atoms with van der Waals surface area (Å²) in [5.74, 6) is 0. The Bertz CT molecular complexity index is 85.1. The minimum absolute atomic E-state index is 0.969. The molecule has 0 spiro atoms. The zero-order chi connectivity index (χ0) is 12.7. The molecule has 0 aromatic carbocycles. The Labute approximate surface area is 93.3 Å². The van der Waals surface area contributed by atoms with Crippen LogP contribution < -0.4 is 0 Å². The molecule has 0 aliphatic heterocycles. The van der Waals surface area contributed by atoms with E-state index in [9.17, 15) is 14.0 Å². The maximum absolute atomic E-state index is 9.88. The van der Waals surface area contributed by atoms with Crippen molar-refractivity contribution in [3.63, 3.8) is 0 Å². The van der Waals surface area contributed by atoms with Gasteiger partial charge < -0.3 is 9.47 Å². The number of rotatable bonds is 4. The van der Waals surface area contributed by atoms with Gasteiger partial charge in [0.25, 0.3) is 0 Å². The molecule has 0 saturated heterocycles. The third-order valence-corrected chi connectivity index (χ3v) is 0.894. The van der Waals surface area contributed by atoms with E-state index in [1.807, 2.05) is 27.7 Å². The fraction of sp³-hybridized carbons (Fsp3) is 1.00. The van der Waals surface area contributed by atoms with Crippen LogP contribution in [0, 0.1) is 0 Å². The van der Waals surface area contributed by atoms with Crippen LogP contribution in [0.25, 0.3) is 0 Å². The summed E-state index contributed by atoms with van der Waals surface area (Å²) < 4.78 is 47.4. The Morgan fingerprint density at radius 2 is 0.800 bits per heavy atom. The summed E-state index contributed by atoms with van der Waals surface area (Å²) in [7, 11) is 0. The molecule has 0 unspecified atom stereocenters. The van der Waals surface area contributed by atoms with Gasteiger partial charge in [-0.1, -0.05) is 0 Å². The predicted molar refractivity (Wildman–Crippen MR) is 56.8 cm³/mol. The SMILES string of the molecule is CC[OH+]CC.CC[OH+]CC.[F][Ge]([F])([F])[F]. The van der Waals surface area contributed by atoms with Gasteiger partial charge in [-0.05, 0) is 0 Å². The number of ether oxygens (including phenoxy) is 2. The summed E-state index contributed by atoms with van der Waals surface area (Å²) >= 11 is -7.00. The molecule has 2 N–H and O–H groups in total. The number of halogens is 4. The Hall–Kier alpha value is 0.183. The first-order chi connectivity index (χ1) is 6.83. The van der Waals surface area contributed by atoms with Crippen LogP contribution in [-0.4, -0.2) is 51.0 Å². The second-order valence-corrected chi connectivity index (χ2v) is 3.94. The molecule has 0 atom stereocenters. The predicted octanol–water partition coefficient (Wildman–Crippen LogP) is 2.41. The quantitative estimate of drug-likeness (QED) is 0.433. The summed E-state index contributed by atoms with van der Waals surface area (Å²) in [6.45, 7) is 12.1. The molecule has 0 radical (unpaired) electrons. The molecule has 7 heteroatoms. The second-order valence-electron chi connectivity index (χ2n) is 2.14. The zero-order valence-electron chi connectivity index (χ0n) is 9.73. The molecule has 15 heavy (non-hydrogen) atoms. The third kappa shape index (κ3) is 120. The molecule has 0 amide bonds. The Morgan fingerprint density at radius 3 is 0.800 bits per heavy atom. The van der Waals surface area contributed by atoms with Crippen LogP contribution in [0.5, 0.6) is 0 Å². The first-order valence-electron chi connectivity index (χ1n) is 4.85. The average molecular weight is 299 g/mol. The number of hydrogen-bond acceptors (Lipinski definition) is 0. The fourth-order valence-electron chi connectivity index (χ4n) is 0.447. The van der Waals surface area contributed by atoms with Crippen molar-refractivity contribution < 1.29 is 23.5 Å². The summed E-state index contributed by atoms with van der Waals surface area (Å²) in [5.41, 5.74) is 0. The van der Waals surface area contributed by atoms with Crippen LogP contribution in [0.4, 0.5) is 14.0 Å². The van der Waals surface area contributed by atoms with Gasteiger partial charge in [-0.3, -0.25) is 0 Å². The normalized spacial score (nSPS) is 9.60. The molecule has 0 heterocycles. The molecule has 2 nitrogen and oxygen atoms in total. The van der Waals surface area contributed by atoms with Gasteiger partial charge in [-0.25, -0.2) is 0 Å². The molecule has 0 aromatic heterocycles. The molecule has 0 aliphatic rings. The Morgan fingerprint density at radius 1 is 0.667 bits per heavy atom. The van der Waals surface area contributed by atoms with Crippen molar-refractivity contribution in [2.24, 2.45) is 0 Å². The summed E-state index contributed by atoms with van der Waals surface area (Å²) in [6, 6.07) is 0. The topological polar surface area (TPSA) is 25.6 Å². The van der Waals surface area contributed by atoms with Gasteiger partial charge in [0.05, 0.1) is 0 Å². The van der Waals surface area contributed by atoms with E-state index >= 15 is 0 Å². The van der Waals surface area contributed by atoms with Gasteiger partial charge in [-0.2, -0.15) is 0 Å². The first kappa shape index (κ1) is 20.6. The van der Waals surface area contributed by atoms with E-state index in [4.69, 9.17) is 0 Å². The summed E-state index contributed by atoms with van der Waals surface area (Å²) in [6.07, 6.45) is 0. The zero-order valence-corrected chi connectivity index (χ0v) is 11.8. The van der Waals surface area contributed by atoms with Crippen molar-refractivity contribution in [1.29, 1.82) is 0 Å². The Kier molecular flexibility index (Phi) is 22.8. The average Bonchev–Trinajstić information content (AvgIpc) is 2.05. The molecule has 0 rings (SSSR count). The van der Waals surface area contributed by atoms with E-state index in [0.717, 1.165) is 26.4 Å². The van der Waals surface area contributed by atoms with Gasteiger partial charge in [0.2, 0.25) is 0 Å². The van der Waals surface area contributed by atoms with Gasteiger partial charge >= 0.3 is 29.1 Å². The van der Waals surface area contributed by atoms with Crippen LogP contribution in [-0.2, 0) is 0 Å². The van der Waals surface area contributed by atoms with E-state index < -0.39 is 15.1 Å². The van der Waals surface area contributed by atoms with E-state index in [2.05, 4.69) is 9.47 Å². The van der Waals surface area contributed by atoms with E-state index in [0.29, 0.717) is 0 Å². The number of aliphatic hydroxyl groups is 4. The van der Waals surface area contributed by atoms with E-state index in [1.54, 1.807) is 0 Å². The molecule has 96 valence electrons. The molecule has 0 bridgehead atoms. The van der Waals surface area contributed by atoms with E-state index in [1.165, 1.54) is 0 Å². The van der Waals surface area contributed by atoms with Crippen molar-refractivity contribution in [3.8, 4) is 0 Å². The molecular weight excluding hydrogens is 277 g/mol. The van der Waals surface area contributed by atoms with Crippen LogP contribution in [0.3, 0.4) is 0 Å². The minimum atomic E-state index is -7.00. The number of hydrogen-bond donors (Lipinski definition) is 0. The standard InChI is InChI=1S/2C4H10O.F4Ge/c2*1-3-5-4-2;1-5(2,3)4/h2*3-4H2,1-2H3;/p+2. The molecule has 0 aliphatic carbocycles. The Balaban J connectivity index is -0.000000144. The molecule has 0 saturated carbocycles. The van der Waals surface area contributed by atoms with Crippen LogP contribution in [0.1, 0.15) is 27.7 Å². The van der Waals surface area contributed by atoms with Crippen molar-refractivity contribution in [3.05, 3.63) is 0 Å².